The molecule has 0 unspecified atom stereocenters. The second-order valence-corrected chi connectivity index (χ2v) is 0.718. The molecule has 0 aromatic rings. The van der Waals surface area contributed by atoms with E-state index in [1.54, 1.807) is 6.08 Å². The van der Waals surface area contributed by atoms with Gasteiger partial charge in [0.2, 0.25) is 0 Å². The number of halogens is 2. The zero-order valence-electron chi connectivity index (χ0n) is 4.57. The van der Waals surface area contributed by atoms with Gasteiger partial charge >= 0.3 is 21.7 Å². The normalized spacial score (nSPS) is 5.62. The van der Waals surface area contributed by atoms with E-state index in [-0.39, 0.29) is 46.5 Å². The van der Waals surface area contributed by atoms with Crippen LogP contribution >= 0.6 is 0 Å². The van der Waals surface area contributed by atoms with Gasteiger partial charge in [-0.15, -0.1) is 0 Å². The Balaban J connectivity index is -0.0000000267. The fourth-order valence-electron chi connectivity index (χ4n) is 0.111. The Bertz CT molecular complexity index is 52.4. The van der Waals surface area contributed by atoms with Gasteiger partial charge in [0.1, 0.15) is 0 Å². The first-order valence-corrected chi connectivity index (χ1v) is 1.58. The predicted molar refractivity (Wildman–Crippen MR) is 23.7 cm³/mol. The Morgan fingerprint density at radius 2 is 1.62 bits per heavy atom. The van der Waals surface area contributed by atoms with Crippen molar-refractivity contribution < 1.29 is 46.5 Å². The summed E-state index contributed by atoms with van der Waals surface area (Å²) in [5, 5.41) is 0. The third-order valence-corrected chi connectivity index (χ3v) is 0.304. The van der Waals surface area contributed by atoms with E-state index in [9.17, 15) is 0 Å². The summed E-state index contributed by atoms with van der Waals surface area (Å²) >= 11 is 0. The summed E-state index contributed by atoms with van der Waals surface area (Å²) in [6, 6.07) is 0. The van der Waals surface area contributed by atoms with Crippen molar-refractivity contribution in [1.82, 2.24) is 0 Å². The maximum Gasteiger partial charge on any atom is 3.00 e. The van der Waals surface area contributed by atoms with Crippen LogP contribution < -0.4 is 24.8 Å². The topological polar surface area (TPSA) is 0 Å². The quantitative estimate of drug-likeness (QED) is 0.220. The molecule has 0 amide bonds. The predicted octanol–water partition coefficient (Wildman–Crippen LogP) is -4.44. The molecule has 1 radical (unpaired) electrons. The summed E-state index contributed by atoms with van der Waals surface area (Å²) in [4.78, 5) is 0. The van der Waals surface area contributed by atoms with Gasteiger partial charge in [-0.05, 0) is 0 Å². The molecular formula is C5H7Cl2Ti. The minimum absolute atomic E-state index is 0. The smallest absolute Gasteiger partial charge is 1.00 e. The maximum absolute atomic E-state index is 4.93. The van der Waals surface area contributed by atoms with Crippen molar-refractivity contribution in [2.75, 3.05) is 0 Å². The minimum atomic E-state index is 0. The molecule has 0 spiro atoms. The van der Waals surface area contributed by atoms with Crippen LogP contribution in [-0.2, 0) is 21.7 Å². The Kier molecular flexibility index (Phi) is 72.8. The van der Waals surface area contributed by atoms with E-state index in [1.165, 1.54) is 6.08 Å². The van der Waals surface area contributed by atoms with Crippen LogP contribution in [0.2, 0.25) is 0 Å². The fourth-order valence-corrected chi connectivity index (χ4v) is 0.111. The van der Waals surface area contributed by atoms with Gasteiger partial charge in [0.25, 0.3) is 0 Å². The van der Waals surface area contributed by atoms with Crippen molar-refractivity contribution in [3.05, 3.63) is 24.8 Å². The molecule has 0 saturated heterocycles. The summed E-state index contributed by atoms with van der Waals surface area (Å²) in [5.41, 5.74) is 0. The van der Waals surface area contributed by atoms with Gasteiger partial charge in [-0.1, -0.05) is 6.92 Å². The Morgan fingerprint density at radius 1 is 1.25 bits per heavy atom. The SMILES string of the molecule is [CH-]=CC=CC.[Cl-].[Cl-].[Ti+3]. The van der Waals surface area contributed by atoms with Crippen molar-refractivity contribution in [2.45, 2.75) is 6.92 Å². The average molecular weight is 186 g/mol. The first-order chi connectivity index (χ1) is 2.41. The second-order valence-electron chi connectivity index (χ2n) is 0.718. The molecule has 8 heavy (non-hydrogen) atoms. The molecule has 45 valence electrons. The van der Waals surface area contributed by atoms with Gasteiger partial charge in [0.05, 0.1) is 0 Å². The largest absolute Gasteiger partial charge is 3.00 e. The maximum atomic E-state index is 4.93. The molecular weight excluding hydrogens is 179 g/mol. The van der Waals surface area contributed by atoms with Crippen LogP contribution in [0.25, 0.3) is 0 Å². The molecule has 0 nitrogen and oxygen atoms in total. The molecule has 0 N–H and O–H groups in total. The molecule has 0 bridgehead atoms. The van der Waals surface area contributed by atoms with Gasteiger partial charge in [-0.2, -0.15) is 6.08 Å². The standard InChI is InChI=1S/C5H7.2ClH.Ti/c1-3-5-4-2;;;/h1,3-5H,2H3;2*1H;/q-1;;;+3/p-2. The second kappa shape index (κ2) is 25.0. The molecule has 0 heterocycles. The van der Waals surface area contributed by atoms with Crippen LogP contribution in [0, 0.1) is 6.58 Å². The number of rotatable bonds is 1. The average Bonchev–Trinajstić information content (AvgIpc) is 1.41. The summed E-state index contributed by atoms with van der Waals surface area (Å²) in [6.07, 6.45) is 5.15. The Morgan fingerprint density at radius 3 is 1.62 bits per heavy atom. The van der Waals surface area contributed by atoms with Crippen LogP contribution in [0.3, 0.4) is 0 Å². The van der Waals surface area contributed by atoms with E-state index in [2.05, 4.69) is 0 Å². The zero-order chi connectivity index (χ0) is 4.12. The van der Waals surface area contributed by atoms with Crippen LogP contribution in [0.4, 0.5) is 0 Å². The van der Waals surface area contributed by atoms with Gasteiger partial charge in [-0.3, -0.25) is 6.58 Å². The summed E-state index contributed by atoms with van der Waals surface area (Å²) in [6.45, 7) is 6.85. The Labute approximate surface area is 78.1 Å². The summed E-state index contributed by atoms with van der Waals surface area (Å²) < 4.78 is 0. The van der Waals surface area contributed by atoms with Crippen molar-refractivity contribution in [3.63, 3.8) is 0 Å². The molecule has 0 aromatic heterocycles. The third kappa shape index (κ3) is 29.3. The fraction of sp³-hybridized carbons (Fsp3) is 0.200. The first-order valence-electron chi connectivity index (χ1n) is 1.58. The molecule has 0 rings (SSSR count). The van der Waals surface area contributed by atoms with Gasteiger partial charge in [-0.25, -0.2) is 12.2 Å². The molecule has 0 fully saturated rings. The van der Waals surface area contributed by atoms with Crippen molar-refractivity contribution in [3.8, 4) is 0 Å². The van der Waals surface area contributed by atoms with E-state index in [0.717, 1.165) is 0 Å². The van der Waals surface area contributed by atoms with Crippen LogP contribution in [0.15, 0.2) is 18.2 Å². The number of hydrogen-bond acceptors (Lipinski definition) is 0. The van der Waals surface area contributed by atoms with Crippen LogP contribution in [0.1, 0.15) is 6.92 Å². The van der Waals surface area contributed by atoms with Crippen molar-refractivity contribution in [2.24, 2.45) is 0 Å². The number of allylic oxidation sites excluding steroid dienone is 3. The molecule has 0 aliphatic heterocycles. The van der Waals surface area contributed by atoms with E-state index in [4.69, 9.17) is 6.58 Å². The summed E-state index contributed by atoms with van der Waals surface area (Å²) in [7, 11) is 0. The van der Waals surface area contributed by atoms with Crippen LogP contribution in [-0.4, -0.2) is 0 Å². The van der Waals surface area contributed by atoms with E-state index in [1.807, 2.05) is 13.0 Å². The van der Waals surface area contributed by atoms with E-state index >= 15 is 0 Å². The summed E-state index contributed by atoms with van der Waals surface area (Å²) in [5.74, 6) is 0. The van der Waals surface area contributed by atoms with Crippen molar-refractivity contribution in [1.29, 1.82) is 0 Å². The molecule has 0 saturated carbocycles. The first kappa shape index (κ1) is 23.3. The van der Waals surface area contributed by atoms with Gasteiger partial charge in [0, 0.05) is 0 Å². The van der Waals surface area contributed by atoms with Crippen molar-refractivity contribution >= 4 is 0 Å². The van der Waals surface area contributed by atoms with Crippen LogP contribution in [0.5, 0.6) is 0 Å². The Hall–Kier alpha value is 0.774. The molecule has 0 aromatic carbocycles. The van der Waals surface area contributed by atoms with E-state index in [0.29, 0.717) is 0 Å². The van der Waals surface area contributed by atoms with E-state index < -0.39 is 0 Å². The molecule has 0 aliphatic rings. The molecule has 0 aliphatic carbocycles. The number of hydrogen-bond donors (Lipinski definition) is 0. The minimum Gasteiger partial charge on any atom is -1.00 e. The molecule has 0 atom stereocenters. The molecule has 3 heteroatoms. The third-order valence-electron chi connectivity index (χ3n) is 0.304. The monoisotopic (exact) mass is 185 g/mol. The zero-order valence-corrected chi connectivity index (χ0v) is 7.64. The van der Waals surface area contributed by atoms with Gasteiger partial charge < -0.3 is 24.8 Å². The van der Waals surface area contributed by atoms with Gasteiger partial charge in [0.15, 0.2) is 0 Å².